The Morgan fingerprint density at radius 1 is 1.28 bits per heavy atom. The lowest BCUT2D eigenvalue weighted by Gasteiger charge is -2.21. The summed E-state index contributed by atoms with van der Waals surface area (Å²) in [6.45, 7) is 0. The fraction of sp³-hybridized carbons (Fsp3) is 0.417. The van der Waals surface area contributed by atoms with Gasteiger partial charge in [-0.3, -0.25) is 4.79 Å². The summed E-state index contributed by atoms with van der Waals surface area (Å²) in [7, 11) is -1.84. The van der Waals surface area contributed by atoms with Crippen molar-refractivity contribution in [3.8, 4) is 5.75 Å². The lowest BCUT2D eigenvalue weighted by Crippen LogP contribution is -2.31. The molecule has 2 aliphatic rings. The van der Waals surface area contributed by atoms with Crippen LogP contribution in [0.15, 0.2) is 18.2 Å². The second-order valence-electron chi connectivity index (χ2n) is 4.89. The molecule has 94 valence electrons. The molecule has 5 nitrogen and oxygen atoms in total. The van der Waals surface area contributed by atoms with Gasteiger partial charge in [-0.1, -0.05) is 12.8 Å². The number of hydrogen-bond acceptors (Lipinski definition) is 4. The number of carbonyl (C=O) groups is 1. The summed E-state index contributed by atoms with van der Waals surface area (Å²) in [6, 6.07) is 5.10. The minimum atomic E-state index is -1.84. The van der Waals surface area contributed by atoms with E-state index in [2.05, 4.69) is 5.32 Å². The average Bonchev–Trinajstić information content (AvgIpc) is 2.89. The van der Waals surface area contributed by atoms with Crippen LogP contribution in [0.3, 0.4) is 0 Å². The fourth-order valence-corrected chi connectivity index (χ4v) is 3.06. The zero-order valence-electron chi connectivity index (χ0n) is 9.85. The van der Waals surface area contributed by atoms with Gasteiger partial charge in [0.05, 0.1) is 5.41 Å². The monoisotopic (exact) mass is 247 g/mol. The Kier molecular flexibility index (Phi) is 2.57. The summed E-state index contributed by atoms with van der Waals surface area (Å²) in [4.78, 5) is 12.1. The van der Waals surface area contributed by atoms with E-state index in [9.17, 15) is 4.79 Å². The van der Waals surface area contributed by atoms with Gasteiger partial charge >= 0.3 is 7.32 Å². The molecule has 3 rings (SSSR count). The van der Waals surface area contributed by atoms with Crippen molar-refractivity contribution in [1.29, 1.82) is 0 Å². The Morgan fingerprint density at radius 3 is 2.67 bits per heavy atom. The molecule has 3 N–H and O–H groups in total. The third-order valence-electron chi connectivity index (χ3n) is 3.89. The SMILES string of the molecule is O=C1Nc2ccc(OB(O)O)cc2C12CCCC2. The molecule has 1 spiro atoms. The van der Waals surface area contributed by atoms with Crippen LogP contribution < -0.4 is 9.97 Å². The lowest BCUT2D eigenvalue weighted by atomic mass is 9.80. The molecule has 0 atom stereocenters. The molecule has 18 heavy (non-hydrogen) atoms. The first-order chi connectivity index (χ1) is 8.62. The van der Waals surface area contributed by atoms with E-state index in [1.54, 1.807) is 18.2 Å². The third-order valence-corrected chi connectivity index (χ3v) is 3.89. The Labute approximate surface area is 105 Å². The summed E-state index contributed by atoms with van der Waals surface area (Å²) in [6.07, 6.45) is 3.77. The normalized spacial score (nSPS) is 19.8. The number of carbonyl (C=O) groups excluding carboxylic acids is 1. The van der Waals surface area contributed by atoms with Crippen LogP contribution in [0.4, 0.5) is 5.69 Å². The molecule has 6 heteroatoms. The molecule has 1 aromatic rings. The van der Waals surface area contributed by atoms with E-state index in [0.29, 0.717) is 5.75 Å². The second kappa shape index (κ2) is 4.00. The highest BCUT2D eigenvalue weighted by atomic mass is 16.6. The number of anilines is 1. The van der Waals surface area contributed by atoms with E-state index in [1.165, 1.54) is 0 Å². The van der Waals surface area contributed by atoms with Crippen LogP contribution in [0.2, 0.25) is 0 Å². The van der Waals surface area contributed by atoms with Crippen LogP contribution in [0.5, 0.6) is 5.75 Å². The van der Waals surface area contributed by atoms with Gasteiger partial charge in [-0.05, 0) is 36.6 Å². The van der Waals surface area contributed by atoms with Crippen LogP contribution in [0.1, 0.15) is 31.2 Å². The van der Waals surface area contributed by atoms with Crippen LogP contribution in [-0.4, -0.2) is 23.3 Å². The highest BCUT2D eigenvalue weighted by Crippen LogP contribution is 2.49. The van der Waals surface area contributed by atoms with Crippen molar-refractivity contribution in [2.75, 3.05) is 5.32 Å². The van der Waals surface area contributed by atoms with Gasteiger partial charge in [0.25, 0.3) is 0 Å². The van der Waals surface area contributed by atoms with E-state index in [4.69, 9.17) is 14.7 Å². The zero-order valence-corrected chi connectivity index (χ0v) is 9.85. The first-order valence-corrected chi connectivity index (χ1v) is 6.11. The van der Waals surface area contributed by atoms with Crippen molar-refractivity contribution in [3.63, 3.8) is 0 Å². The van der Waals surface area contributed by atoms with E-state index in [-0.39, 0.29) is 5.91 Å². The third kappa shape index (κ3) is 1.60. The van der Waals surface area contributed by atoms with Gasteiger partial charge in [0, 0.05) is 5.69 Å². The van der Waals surface area contributed by atoms with Crippen molar-refractivity contribution in [3.05, 3.63) is 23.8 Å². The molecule has 1 heterocycles. The average molecular weight is 247 g/mol. The highest BCUT2D eigenvalue weighted by molar-refractivity contribution is 6.33. The maximum atomic E-state index is 12.1. The van der Waals surface area contributed by atoms with Gasteiger partial charge < -0.3 is 20.0 Å². The van der Waals surface area contributed by atoms with Crippen molar-refractivity contribution in [1.82, 2.24) is 0 Å². The van der Waals surface area contributed by atoms with Gasteiger partial charge in [0.1, 0.15) is 5.75 Å². The number of rotatable bonds is 2. The Balaban J connectivity index is 2.02. The maximum absolute atomic E-state index is 12.1. The number of fused-ring (bicyclic) bond motifs is 2. The fourth-order valence-electron chi connectivity index (χ4n) is 3.06. The second-order valence-corrected chi connectivity index (χ2v) is 4.89. The molecule has 1 saturated carbocycles. The predicted molar refractivity (Wildman–Crippen MR) is 66.0 cm³/mol. The van der Waals surface area contributed by atoms with Crippen LogP contribution in [0, 0.1) is 0 Å². The van der Waals surface area contributed by atoms with Gasteiger partial charge in [-0.15, -0.1) is 0 Å². The molecule has 1 aromatic carbocycles. The molecule has 0 saturated heterocycles. The van der Waals surface area contributed by atoms with Gasteiger partial charge in [0.15, 0.2) is 0 Å². The summed E-state index contributed by atoms with van der Waals surface area (Å²) >= 11 is 0. The topological polar surface area (TPSA) is 78.8 Å². The summed E-state index contributed by atoms with van der Waals surface area (Å²) < 4.78 is 4.85. The Hall–Kier alpha value is -1.53. The zero-order chi connectivity index (χ0) is 12.8. The lowest BCUT2D eigenvalue weighted by molar-refractivity contribution is -0.120. The number of hydrogen-bond donors (Lipinski definition) is 3. The highest BCUT2D eigenvalue weighted by Gasteiger charge is 2.48. The van der Waals surface area contributed by atoms with Crippen molar-refractivity contribution in [2.24, 2.45) is 0 Å². The maximum Gasteiger partial charge on any atom is 0.707 e. The van der Waals surface area contributed by atoms with E-state index < -0.39 is 12.7 Å². The van der Waals surface area contributed by atoms with Gasteiger partial charge in [-0.2, -0.15) is 0 Å². The molecule has 0 aromatic heterocycles. The van der Waals surface area contributed by atoms with E-state index >= 15 is 0 Å². The molecule has 1 fully saturated rings. The molecular formula is C12H14BNO4. The minimum Gasteiger partial charge on any atom is -0.512 e. The molecule has 0 radical (unpaired) electrons. The largest absolute Gasteiger partial charge is 0.707 e. The molecule has 0 bridgehead atoms. The molecule has 1 aliphatic heterocycles. The van der Waals surface area contributed by atoms with Gasteiger partial charge in [0.2, 0.25) is 5.91 Å². The first kappa shape index (κ1) is 11.6. The van der Waals surface area contributed by atoms with Gasteiger partial charge in [-0.25, -0.2) is 0 Å². The molecule has 0 unspecified atom stereocenters. The first-order valence-electron chi connectivity index (χ1n) is 6.11. The van der Waals surface area contributed by atoms with Crippen molar-refractivity contribution in [2.45, 2.75) is 31.1 Å². The number of nitrogens with one attached hydrogen (secondary N) is 1. The standard InChI is InChI=1S/C12H14BNO4/c15-11-12(5-1-2-6-12)9-7-8(18-13(16)17)3-4-10(9)14-11/h3-4,7,16-17H,1-2,5-6H2,(H,14,15). The Bertz CT molecular complexity index is 497. The summed E-state index contributed by atoms with van der Waals surface area (Å²) in [5.41, 5.74) is 1.29. The van der Waals surface area contributed by atoms with E-state index in [0.717, 1.165) is 36.9 Å². The van der Waals surface area contributed by atoms with Crippen molar-refractivity contribution < 1.29 is 19.5 Å². The molecule has 1 aliphatic carbocycles. The van der Waals surface area contributed by atoms with Crippen molar-refractivity contribution >= 4 is 18.9 Å². The van der Waals surface area contributed by atoms with Crippen LogP contribution >= 0.6 is 0 Å². The van der Waals surface area contributed by atoms with Crippen LogP contribution in [-0.2, 0) is 10.2 Å². The van der Waals surface area contributed by atoms with E-state index in [1.807, 2.05) is 0 Å². The quantitative estimate of drug-likeness (QED) is 0.675. The van der Waals surface area contributed by atoms with Crippen LogP contribution in [0.25, 0.3) is 0 Å². The minimum absolute atomic E-state index is 0.0525. The molecule has 1 amide bonds. The number of amides is 1. The summed E-state index contributed by atoms with van der Waals surface area (Å²) in [5, 5.41) is 20.5. The number of benzene rings is 1. The smallest absolute Gasteiger partial charge is 0.512 e. The Morgan fingerprint density at radius 2 is 2.00 bits per heavy atom. The predicted octanol–water partition coefficient (Wildman–Crippen LogP) is 0.799. The summed E-state index contributed by atoms with van der Waals surface area (Å²) in [5.74, 6) is 0.420. The molecular weight excluding hydrogens is 233 g/mol.